The summed E-state index contributed by atoms with van der Waals surface area (Å²) in [5.41, 5.74) is 1.34. The molecule has 2 aromatic carbocycles. The van der Waals surface area contributed by atoms with Crippen molar-refractivity contribution in [1.82, 2.24) is 5.32 Å². The van der Waals surface area contributed by atoms with Crippen LogP contribution in [0.2, 0.25) is 0 Å². The largest absolute Gasteiger partial charge is 0.465 e. The molecule has 0 unspecified atom stereocenters. The van der Waals surface area contributed by atoms with Crippen LogP contribution in [-0.2, 0) is 14.3 Å². The Labute approximate surface area is 186 Å². The first-order valence-electron chi connectivity index (χ1n) is 9.97. The van der Waals surface area contributed by atoms with E-state index in [2.05, 4.69) is 16.0 Å². The molecule has 2 amide bonds. The van der Waals surface area contributed by atoms with Crippen molar-refractivity contribution in [2.45, 2.75) is 13.8 Å². The molecule has 0 heterocycles. The van der Waals surface area contributed by atoms with Crippen LogP contribution < -0.4 is 16.0 Å². The molecule has 0 aromatic heterocycles. The van der Waals surface area contributed by atoms with Crippen LogP contribution in [0, 0.1) is 5.92 Å². The molecule has 32 heavy (non-hydrogen) atoms. The summed E-state index contributed by atoms with van der Waals surface area (Å²) in [6.07, 6.45) is 0. The second kappa shape index (κ2) is 11.5. The second-order valence-electron chi connectivity index (χ2n) is 7.33. The fourth-order valence-corrected chi connectivity index (χ4v) is 2.76. The van der Waals surface area contributed by atoms with Gasteiger partial charge in [-0.05, 0) is 36.2 Å². The molecule has 0 saturated heterocycles. The van der Waals surface area contributed by atoms with Crippen molar-refractivity contribution in [3.05, 3.63) is 59.2 Å². The quantitative estimate of drug-likeness (QED) is 0.511. The Kier molecular flexibility index (Phi) is 8.76. The number of para-hydroxylation sites is 1. The van der Waals surface area contributed by atoms with Crippen LogP contribution in [0.4, 0.5) is 11.4 Å². The number of esters is 2. The summed E-state index contributed by atoms with van der Waals surface area (Å²) in [6.45, 7) is 4.32. The summed E-state index contributed by atoms with van der Waals surface area (Å²) in [4.78, 5) is 48.7. The summed E-state index contributed by atoms with van der Waals surface area (Å²) in [7, 11) is 2.45. The summed E-state index contributed by atoms with van der Waals surface area (Å²) in [5, 5.41) is 8.39. The number of hydrogen-bond donors (Lipinski definition) is 3. The van der Waals surface area contributed by atoms with E-state index in [1.807, 2.05) is 13.8 Å². The molecule has 0 atom stereocenters. The van der Waals surface area contributed by atoms with Crippen molar-refractivity contribution in [2.24, 2.45) is 5.92 Å². The molecule has 0 fully saturated rings. The monoisotopic (exact) mass is 441 g/mol. The minimum atomic E-state index is -0.635. The van der Waals surface area contributed by atoms with Gasteiger partial charge in [0, 0.05) is 12.2 Å². The first-order valence-corrected chi connectivity index (χ1v) is 9.97. The average Bonchev–Trinajstić information content (AvgIpc) is 2.80. The number of anilines is 2. The Morgan fingerprint density at radius 2 is 1.50 bits per heavy atom. The van der Waals surface area contributed by atoms with Gasteiger partial charge in [-0.2, -0.15) is 0 Å². The highest BCUT2D eigenvalue weighted by Crippen LogP contribution is 2.18. The molecule has 0 aliphatic carbocycles. The summed E-state index contributed by atoms with van der Waals surface area (Å²) >= 11 is 0. The molecule has 0 saturated carbocycles. The van der Waals surface area contributed by atoms with E-state index in [4.69, 9.17) is 9.47 Å². The van der Waals surface area contributed by atoms with Gasteiger partial charge in [-0.25, -0.2) is 9.59 Å². The van der Waals surface area contributed by atoms with Crippen molar-refractivity contribution in [1.29, 1.82) is 0 Å². The molecule has 0 aliphatic rings. The van der Waals surface area contributed by atoms with Crippen molar-refractivity contribution < 1.29 is 28.7 Å². The van der Waals surface area contributed by atoms with E-state index >= 15 is 0 Å². The fourth-order valence-electron chi connectivity index (χ4n) is 2.76. The summed E-state index contributed by atoms with van der Waals surface area (Å²) in [6, 6.07) is 10.9. The highest BCUT2D eigenvalue weighted by Gasteiger charge is 2.16. The summed E-state index contributed by atoms with van der Waals surface area (Å²) in [5.74, 6) is -1.68. The first kappa shape index (κ1) is 24.4. The molecule has 0 aliphatic heterocycles. The van der Waals surface area contributed by atoms with E-state index in [-0.39, 0.29) is 23.6 Å². The van der Waals surface area contributed by atoms with E-state index in [9.17, 15) is 19.2 Å². The standard InChI is InChI=1S/C23H27N3O6/c1-14(2)12-25-21(28)18-7-5-6-8-19(18)26-20(27)13-24-17-10-15(22(29)31-3)9-16(11-17)23(30)32-4/h5-11,14,24H,12-13H2,1-4H3,(H,25,28)(H,26,27). The van der Waals surface area contributed by atoms with Crippen molar-refractivity contribution in [3.63, 3.8) is 0 Å². The van der Waals surface area contributed by atoms with Crippen LogP contribution >= 0.6 is 0 Å². The molecule has 2 rings (SSSR count). The number of benzene rings is 2. The van der Waals surface area contributed by atoms with Crippen molar-refractivity contribution >= 4 is 35.1 Å². The van der Waals surface area contributed by atoms with Crippen LogP contribution in [-0.4, -0.2) is 51.1 Å². The zero-order valence-electron chi connectivity index (χ0n) is 18.5. The Morgan fingerprint density at radius 1 is 0.906 bits per heavy atom. The van der Waals surface area contributed by atoms with Gasteiger partial charge in [0.25, 0.3) is 5.91 Å². The molecular formula is C23H27N3O6. The van der Waals surface area contributed by atoms with E-state index in [0.717, 1.165) is 0 Å². The maximum Gasteiger partial charge on any atom is 0.337 e. The Hall–Kier alpha value is -3.88. The van der Waals surface area contributed by atoms with Gasteiger partial charge >= 0.3 is 11.9 Å². The normalized spacial score (nSPS) is 10.3. The molecule has 3 N–H and O–H groups in total. The zero-order valence-corrected chi connectivity index (χ0v) is 18.5. The number of amides is 2. The Bertz CT molecular complexity index is 969. The third kappa shape index (κ3) is 6.83. The van der Waals surface area contributed by atoms with Crippen LogP contribution in [0.5, 0.6) is 0 Å². The highest BCUT2D eigenvalue weighted by molar-refractivity contribution is 6.04. The van der Waals surface area contributed by atoms with Crippen molar-refractivity contribution in [2.75, 3.05) is 37.9 Å². The molecule has 170 valence electrons. The minimum Gasteiger partial charge on any atom is -0.465 e. The van der Waals surface area contributed by atoms with E-state index in [1.165, 1.54) is 32.4 Å². The van der Waals surface area contributed by atoms with Gasteiger partial charge in [0.2, 0.25) is 5.91 Å². The fraction of sp³-hybridized carbons (Fsp3) is 0.304. The maximum atomic E-state index is 12.5. The van der Waals surface area contributed by atoms with Crippen LogP contribution in [0.1, 0.15) is 44.9 Å². The van der Waals surface area contributed by atoms with Gasteiger partial charge in [-0.15, -0.1) is 0 Å². The molecular weight excluding hydrogens is 414 g/mol. The van der Waals surface area contributed by atoms with E-state index < -0.39 is 17.8 Å². The van der Waals surface area contributed by atoms with E-state index in [1.54, 1.807) is 24.3 Å². The topological polar surface area (TPSA) is 123 Å². The van der Waals surface area contributed by atoms with E-state index in [0.29, 0.717) is 29.4 Å². The van der Waals surface area contributed by atoms with Gasteiger partial charge in [-0.1, -0.05) is 26.0 Å². The van der Waals surface area contributed by atoms with Crippen LogP contribution in [0.3, 0.4) is 0 Å². The van der Waals surface area contributed by atoms with Gasteiger partial charge in [0.1, 0.15) is 0 Å². The lowest BCUT2D eigenvalue weighted by atomic mass is 10.1. The molecule has 0 radical (unpaired) electrons. The number of ether oxygens (including phenoxy) is 2. The average molecular weight is 441 g/mol. The van der Waals surface area contributed by atoms with Crippen LogP contribution in [0.15, 0.2) is 42.5 Å². The van der Waals surface area contributed by atoms with Crippen molar-refractivity contribution in [3.8, 4) is 0 Å². The lowest BCUT2D eigenvalue weighted by Gasteiger charge is -2.13. The molecule has 0 bridgehead atoms. The van der Waals surface area contributed by atoms with Gasteiger partial charge in [0.05, 0.1) is 43.1 Å². The lowest BCUT2D eigenvalue weighted by Crippen LogP contribution is -2.29. The third-order valence-corrected chi connectivity index (χ3v) is 4.34. The first-order chi connectivity index (χ1) is 15.2. The van der Waals surface area contributed by atoms with Gasteiger partial charge in [-0.3, -0.25) is 9.59 Å². The lowest BCUT2D eigenvalue weighted by molar-refractivity contribution is -0.114. The number of hydrogen-bond acceptors (Lipinski definition) is 7. The molecule has 2 aromatic rings. The molecule has 9 heteroatoms. The Morgan fingerprint density at radius 3 is 2.06 bits per heavy atom. The second-order valence-corrected chi connectivity index (χ2v) is 7.33. The van der Waals surface area contributed by atoms with Gasteiger partial charge in [0.15, 0.2) is 0 Å². The highest BCUT2D eigenvalue weighted by atomic mass is 16.5. The Balaban J connectivity index is 2.11. The third-order valence-electron chi connectivity index (χ3n) is 4.34. The number of methoxy groups -OCH3 is 2. The SMILES string of the molecule is COC(=O)c1cc(NCC(=O)Nc2ccccc2C(=O)NCC(C)C)cc(C(=O)OC)c1. The maximum absolute atomic E-state index is 12.5. The number of nitrogens with one attached hydrogen (secondary N) is 3. The zero-order chi connectivity index (χ0) is 23.7. The predicted octanol–water partition coefficient (Wildman–Crippen LogP) is 2.70. The number of carbonyl (C=O) groups is 4. The smallest absolute Gasteiger partial charge is 0.337 e. The summed E-state index contributed by atoms with van der Waals surface area (Å²) < 4.78 is 9.40. The predicted molar refractivity (Wildman–Crippen MR) is 120 cm³/mol. The minimum absolute atomic E-state index is 0.130. The van der Waals surface area contributed by atoms with Crippen LogP contribution in [0.25, 0.3) is 0 Å². The van der Waals surface area contributed by atoms with Gasteiger partial charge < -0.3 is 25.4 Å². The molecule has 9 nitrogen and oxygen atoms in total. The number of carbonyl (C=O) groups excluding carboxylic acids is 4. The molecule has 0 spiro atoms. The number of rotatable bonds is 9.